The van der Waals surface area contributed by atoms with E-state index < -0.39 is 157 Å². The number of esters is 2. The van der Waals surface area contributed by atoms with E-state index in [-0.39, 0.29) is 80.8 Å². The van der Waals surface area contributed by atoms with Gasteiger partial charge in [0.25, 0.3) is 0 Å². The van der Waals surface area contributed by atoms with Gasteiger partial charge in [-0.15, -0.1) is 0 Å². The zero-order valence-corrected chi connectivity index (χ0v) is 49.4. The Hall–Kier alpha value is -3.00. The van der Waals surface area contributed by atoms with Crippen molar-refractivity contribution in [3.63, 3.8) is 0 Å². The summed E-state index contributed by atoms with van der Waals surface area (Å²) in [7, 11) is 1.61. The summed E-state index contributed by atoms with van der Waals surface area (Å²) < 4.78 is 63.9. The van der Waals surface area contributed by atoms with Crippen LogP contribution in [0.3, 0.4) is 0 Å². The Labute approximate surface area is 487 Å². The molecule has 7 saturated heterocycles. The van der Waals surface area contributed by atoms with Crippen LogP contribution in [0.4, 0.5) is 0 Å². The third-order valence-electron chi connectivity index (χ3n) is 18.3. The summed E-state index contributed by atoms with van der Waals surface area (Å²) in [6.45, 7) is 18.1. The van der Waals surface area contributed by atoms with E-state index in [1.165, 1.54) is 19.1 Å². The monoisotopic (exact) mass is 1180 g/mol. The SMILES string of the molecule is C=C(Cl)/C=C/[C@H](O)CC(=C)C[C@H]1O[C@@H]2[C@H](C)[C@@H](OC(=O)C[C@@H]3C[C@@H](OC(C)=O)C[C@]4(C[C@](C)(O)C[C@@H](/C=C5/CO[C@@H]([C@H](C)C(=O)C[C@H]6C[C@@H](OC)C[C@]7(C[C@H](O)C[C@@H](/C=C\CCC[C@@H]8O[C@@](O)(C[C@@H](O)[C@@H]8C)[C@H]2O)O7)O6)[C@@H]5C)O4)O3)[C@@H]1O. The number of allylic oxidation sites excluding steroid dienone is 3. The summed E-state index contributed by atoms with van der Waals surface area (Å²) in [5, 5.41) is 82.5. The van der Waals surface area contributed by atoms with E-state index in [4.69, 9.17) is 59.0 Å². The number of aliphatic hydroxyl groups is 7. The lowest BCUT2D eigenvalue weighted by Crippen LogP contribution is -2.65. The molecule has 8 aliphatic rings. The Morgan fingerprint density at radius 1 is 0.854 bits per heavy atom. The lowest BCUT2D eigenvalue weighted by Gasteiger charge is -2.51. The summed E-state index contributed by atoms with van der Waals surface area (Å²) in [5.41, 5.74) is -0.103. The number of ketones is 1. The lowest BCUT2D eigenvalue weighted by atomic mass is 9.78. The Morgan fingerprint density at radius 3 is 2.27 bits per heavy atom. The number of Topliss-reactive ketones (excluding diaryl/α,β-unsaturated/α-hetero) is 1. The molecule has 0 saturated carbocycles. The molecule has 7 fully saturated rings. The Morgan fingerprint density at radius 2 is 1.55 bits per heavy atom. The predicted molar refractivity (Wildman–Crippen MR) is 296 cm³/mol. The van der Waals surface area contributed by atoms with Gasteiger partial charge in [0.2, 0.25) is 0 Å². The van der Waals surface area contributed by atoms with Crippen LogP contribution in [0, 0.1) is 23.7 Å². The molecule has 0 amide bonds. The Kier molecular flexibility index (Phi) is 21.4. The van der Waals surface area contributed by atoms with Crippen LogP contribution in [0.15, 0.2) is 59.7 Å². The maximum Gasteiger partial charge on any atom is 0.308 e. The highest BCUT2D eigenvalue weighted by Crippen LogP contribution is 2.48. The maximum atomic E-state index is 14.4. The van der Waals surface area contributed by atoms with Crippen LogP contribution < -0.4 is 0 Å². The molecule has 462 valence electrons. The predicted octanol–water partition coefficient (Wildman–Crippen LogP) is 5.36. The standard InChI is InChI=1S/C61H91ClO20/c1-32(17-40(64)16-15-33(2)62)18-51-53(69)55-37(6)56(76-51)57(70)61(72)29-49(67)35(4)50(82-61)14-12-10-11-13-42-20-41(65)25-59(78-42)27-45(73-9)21-43(79-59)23-48(66)36(5)54-34(3)39(30-74-54)19-47-26-58(8,71)31-60(81-47)28-46(75-38(7)63)22-44(80-60)24-52(68)77-55/h11,13,15-16,19,34-37,40-47,49-51,53-57,64-65,67,69-72H,1-2,10,12,14,17-18,20-31H2,3-9H3/b13-11-,16-15+,39-19-/t34-,35+,36-,37-,40+,41-,42-,43-,44+,45-,46-,47-,49-,50+,51-,53-,54-,55-,56-,57+,58-,59+,60+,61+/m1/s1. The van der Waals surface area contributed by atoms with Gasteiger partial charge in [0.05, 0.1) is 91.9 Å². The van der Waals surface area contributed by atoms with Gasteiger partial charge >= 0.3 is 11.9 Å². The molecule has 8 heterocycles. The first-order valence-electron chi connectivity index (χ1n) is 29.6. The molecule has 0 aliphatic carbocycles. The molecule has 82 heavy (non-hydrogen) atoms. The van der Waals surface area contributed by atoms with Crippen molar-refractivity contribution in [3.05, 3.63) is 59.7 Å². The van der Waals surface area contributed by atoms with Crippen LogP contribution >= 0.6 is 11.6 Å². The van der Waals surface area contributed by atoms with E-state index >= 15 is 0 Å². The van der Waals surface area contributed by atoms with Crippen molar-refractivity contribution in [1.29, 1.82) is 0 Å². The number of carbonyl (C=O) groups is 3. The Balaban J connectivity index is 1.10. The molecule has 12 bridgehead atoms. The van der Waals surface area contributed by atoms with Gasteiger partial charge in [0.15, 0.2) is 17.4 Å². The number of ether oxygens (including phenoxy) is 10. The molecule has 0 aromatic heterocycles. The van der Waals surface area contributed by atoms with Crippen LogP contribution in [-0.4, -0.2) is 188 Å². The fourth-order valence-electron chi connectivity index (χ4n) is 14.2. The first-order chi connectivity index (χ1) is 38.6. The fraction of sp³-hybridized carbons (Fsp3) is 0.787. The number of fused-ring (bicyclic) bond motifs is 10. The molecule has 0 aromatic carbocycles. The molecule has 8 rings (SSSR count). The van der Waals surface area contributed by atoms with Gasteiger partial charge in [-0.1, -0.05) is 82.3 Å². The lowest BCUT2D eigenvalue weighted by molar-refractivity contribution is -0.350. The summed E-state index contributed by atoms with van der Waals surface area (Å²) in [6.07, 6.45) is -4.89. The molecule has 0 radical (unpaired) electrons. The molecule has 20 nitrogen and oxygen atoms in total. The fourth-order valence-corrected chi connectivity index (χ4v) is 14.3. The highest BCUT2D eigenvalue weighted by Gasteiger charge is 2.58. The van der Waals surface area contributed by atoms with E-state index in [1.54, 1.807) is 27.9 Å². The van der Waals surface area contributed by atoms with Gasteiger partial charge in [-0.2, -0.15) is 0 Å². The molecule has 8 aliphatic heterocycles. The molecule has 0 aromatic rings. The second-order valence-electron chi connectivity index (χ2n) is 25.4. The molecule has 24 atom stereocenters. The number of methoxy groups -OCH3 is 1. The van der Waals surface area contributed by atoms with Crippen molar-refractivity contribution >= 4 is 29.3 Å². The molecular formula is C61H91ClO20. The van der Waals surface area contributed by atoms with Crippen molar-refractivity contribution in [2.45, 2.75) is 265 Å². The highest BCUT2D eigenvalue weighted by molar-refractivity contribution is 6.30. The zero-order valence-electron chi connectivity index (χ0n) is 48.7. The first-order valence-corrected chi connectivity index (χ1v) is 29.9. The van der Waals surface area contributed by atoms with Gasteiger partial charge in [0, 0.05) is 107 Å². The van der Waals surface area contributed by atoms with Gasteiger partial charge in [-0.05, 0) is 50.7 Å². The molecular weight excluding hydrogens is 1090 g/mol. The van der Waals surface area contributed by atoms with Crippen LogP contribution in [0.1, 0.15) is 144 Å². The minimum Gasteiger partial charge on any atom is -0.462 e. The van der Waals surface area contributed by atoms with Crippen molar-refractivity contribution < 1.29 is 97.5 Å². The summed E-state index contributed by atoms with van der Waals surface area (Å²) in [6, 6.07) is 0. The summed E-state index contributed by atoms with van der Waals surface area (Å²) in [4.78, 5) is 41.2. The largest absolute Gasteiger partial charge is 0.462 e. The van der Waals surface area contributed by atoms with Gasteiger partial charge in [-0.25, -0.2) is 0 Å². The molecule has 21 heteroatoms. The van der Waals surface area contributed by atoms with Crippen LogP contribution in [-0.2, 0) is 61.8 Å². The number of aliphatic hydroxyl groups excluding tert-OH is 5. The van der Waals surface area contributed by atoms with Crippen LogP contribution in [0.2, 0.25) is 0 Å². The highest BCUT2D eigenvalue weighted by atomic mass is 35.5. The van der Waals surface area contributed by atoms with E-state index in [2.05, 4.69) is 13.2 Å². The third kappa shape index (κ3) is 15.9. The van der Waals surface area contributed by atoms with Crippen LogP contribution in [0.25, 0.3) is 0 Å². The van der Waals surface area contributed by atoms with E-state index in [0.29, 0.717) is 44.1 Å². The van der Waals surface area contributed by atoms with Crippen molar-refractivity contribution in [3.8, 4) is 0 Å². The number of halogens is 1. The number of hydrogen-bond donors (Lipinski definition) is 7. The van der Waals surface area contributed by atoms with E-state index in [1.807, 2.05) is 32.1 Å². The smallest absolute Gasteiger partial charge is 0.308 e. The topological polar surface area (TPSA) is 285 Å². The minimum atomic E-state index is -2.39. The summed E-state index contributed by atoms with van der Waals surface area (Å²) in [5.74, 6) is -8.93. The van der Waals surface area contributed by atoms with Crippen LogP contribution in [0.5, 0.6) is 0 Å². The molecule has 2 spiro atoms. The van der Waals surface area contributed by atoms with Gasteiger partial charge in [-0.3, -0.25) is 14.4 Å². The average molecular weight is 1180 g/mol. The Bertz CT molecular complexity index is 2360. The van der Waals surface area contributed by atoms with Crippen molar-refractivity contribution in [2.24, 2.45) is 23.7 Å². The van der Waals surface area contributed by atoms with E-state index in [9.17, 15) is 50.1 Å². The number of rotatable bonds is 8. The van der Waals surface area contributed by atoms with Gasteiger partial charge in [0.1, 0.15) is 30.2 Å². The first kappa shape index (κ1) is 65.0. The normalized spacial score (nSPS) is 46.9. The van der Waals surface area contributed by atoms with E-state index in [0.717, 1.165) is 5.57 Å². The molecule has 0 unspecified atom stereocenters. The number of carbonyl (C=O) groups excluding carboxylic acids is 3. The second-order valence-corrected chi connectivity index (χ2v) is 25.9. The third-order valence-corrected chi connectivity index (χ3v) is 18.4. The zero-order chi connectivity index (χ0) is 59.6. The van der Waals surface area contributed by atoms with Crippen molar-refractivity contribution in [1.82, 2.24) is 0 Å². The van der Waals surface area contributed by atoms with Crippen molar-refractivity contribution in [2.75, 3.05) is 13.7 Å². The number of hydrogen-bond acceptors (Lipinski definition) is 20. The minimum absolute atomic E-state index is 0.0131. The van der Waals surface area contributed by atoms with Gasteiger partial charge < -0.3 is 83.1 Å². The quantitative estimate of drug-likeness (QED) is 0.0915. The second kappa shape index (κ2) is 26.9. The summed E-state index contributed by atoms with van der Waals surface area (Å²) >= 11 is 5.89. The average Bonchev–Trinajstić information content (AvgIpc) is 2.35. The molecule has 7 N–H and O–H groups in total. The maximum absolute atomic E-state index is 14.4.